The summed E-state index contributed by atoms with van der Waals surface area (Å²) in [6.45, 7) is 6.04. The van der Waals surface area contributed by atoms with Crippen LogP contribution in [0.2, 0.25) is 0 Å². The first kappa shape index (κ1) is 23.5. The summed E-state index contributed by atoms with van der Waals surface area (Å²) < 4.78 is 5.99. The van der Waals surface area contributed by atoms with E-state index in [-0.39, 0.29) is 29.6 Å². The van der Waals surface area contributed by atoms with E-state index in [0.29, 0.717) is 35.5 Å². The molecular formula is C30H28N2O4. The van der Waals surface area contributed by atoms with Gasteiger partial charge in [-0.3, -0.25) is 19.3 Å². The fourth-order valence-electron chi connectivity index (χ4n) is 4.85. The highest BCUT2D eigenvalue weighted by Crippen LogP contribution is 2.40. The molecular weight excluding hydrogens is 452 g/mol. The number of hydrogen-bond donors (Lipinski definition) is 1. The molecule has 6 heteroatoms. The van der Waals surface area contributed by atoms with Gasteiger partial charge in [0.25, 0.3) is 5.91 Å². The molecule has 182 valence electrons. The molecule has 0 unspecified atom stereocenters. The van der Waals surface area contributed by atoms with Crippen LogP contribution in [0.25, 0.3) is 0 Å². The van der Waals surface area contributed by atoms with Gasteiger partial charge in [0.1, 0.15) is 11.5 Å². The molecule has 2 aliphatic rings. The Bertz CT molecular complexity index is 1390. The molecule has 3 aromatic rings. The third-order valence-corrected chi connectivity index (χ3v) is 7.08. The van der Waals surface area contributed by atoms with Crippen molar-refractivity contribution in [3.05, 3.63) is 95.1 Å². The summed E-state index contributed by atoms with van der Waals surface area (Å²) in [6, 6.07) is 19.7. The third-order valence-electron chi connectivity index (χ3n) is 7.08. The second-order valence-electron chi connectivity index (χ2n) is 9.54. The summed E-state index contributed by atoms with van der Waals surface area (Å²) in [6.07, 6.45) is 3.23. The van der Waals surface area contributed by atoms with E-state index in [1.165, 1.54) is 4.90 Å². The number of allylic oxidation sites excluding steroid dienone is 2. The Hall–Kier alpha value is -4.19. The number of carbonyl (C=O) groups is 3. The second-order valence-corrected chi connectivity index (χ2v) is 9.54. The maximum Gasteiger partial charge on any atom is 0.255 e. The monoisotopic (exact) mass is 480 g/mol. The minimum Gasteiger partial charge on any atom is -0.457 e. The molecule has 5 rings (SSSR count). The average molecular weight is 481 g/mol. The molecule has 2 atom stereocenters. The summed E-state index contributed by atoms with van der Waals surface area (Å²) in [5, 5.41) is 2.87. The zero-order chi connectivity index (χ0) is 25.4. The first-order valence-electron chi connectivity index (χ1n) is 12.1. The smallest absolute Gasteiger partial charge is 0.255 e. The molecule has 36 heavy (non-hydrogen) atoms. The lowest BCUT2D eigenvalue weighted by Crippen LogP contribution is -2.31. The van der Waals surface area contributed by atoms with Crippen LogP contribution in [0, 0.1) is 25.7 Å². The van der Waals surface area contributed by atoms with Gasteiger partial charge in [0, 0.05) is 11.3 Å². The number of carbonyl (C=O) groups excluding carboxylic acids is 3. The van der Waals surface area contributed by atoms with E-state index in [2.05, 4.69) is 5.32 Å². The second kappa shape index (κ2) is 9.46. The van der Waals surface area contributed by atoms with Gasteiger partial charge in [0.15, 0.2) is 0 Å². The van der Waals surface area contributed by atoms with E-state index in [4.69, 9.17) is 4.74 Å². The predicted molar refractivity (Wildman–Crippen MR) is 139 cm³/mol. The van der Waals surface area contributed by atoms with Gasteiger partial charge in [-0.2, -0.15) is 0 Å². The predicted octanol–water partition coefficient (Wildman–Crippen LogP) is 6.19. The van der Waals surface area contributed by atoms with E-state index < -0.39 is 0 Å². The minimum atomic E-state index is -0.325. The minimum absolute atomic E-state index is 0.186. The molecule has 0 saturated carbocycles. The van der Waals surface area contributed by atoms with E-state index in [0.717, 1.165) is 22.4 Å². The lowest BCUT2D eigenvalue weighted by atomic mass is 9.82. The molecule has 1 fully saturated rings. The van der Waals surface area contributed by atoms with Crippen molar-refractivity contribution in [3.8, 4) is 11.5 Å². The topological polar surface area (TPSA) is 75.7 Å². The van der Waals surface area contributed by atoms with Gasteiger partial charge in [0.2, 0.25) is 11.8 Å². The Morgan fingerprint density at radius 2 is 1.64 bits per heavy atom. The lowest BCUT2D eigenvalue weighted by Gasteiger charge is -2.18. The number of nitrogens with one attached hydrogen (secondary N) is 1. The highest BCUT2D eigenvalue weighted by molar-refractivity contribution is 6.22. The number of amides is 3. The standard InChI is InChI=1S/C30H28N2O4/c1-18-10-15-25-26(16-18)30(35)32(29(25)34)23-8-5-7-21(17-23)28(33)31-22-11-13-24(14-12-22)36-27-9-4-6-19(2)20(27)3/h4-14,17,25-26H,15-16H2,1-3H3,(H,31,33)/t25-,26+/m0/s1. The molecule has 1 aliphatic heterocycles. The molecule has 1 heterocycles. The Labute approximate surface area is 210 Å². The van der Waals surface area contributed by atoms with Gasteiger partial charge < -0.3 is 10.1 Å². The molecule has 1 N–H and O–H groups in total. The summed E-state index contributed by atoms with van der Waals surface area (Å²) in [5.74, 6) is 0.128. The Morgan fingerprint density at radius 3 is 2.42 bits per heavy atom. The first-order valence-corrected chi connectivity index (χ1v) is 12.1. The van der Waals surface area contributed by atoms with Crippen molar-refractivity contribution in [2.45, 2.75) is 33.6 Å². The fourth-order valence-corrected chi connectivity index (χ4v) is 4.85. The lowest BCUT2D eigenvalue weighted by molar-refractivity contribution is -0.122. The number of imide groups is 1. The van der Waals surface area contributed by atoms with Gasteiger partial charge in [-0.1, -0.05) is 29.8 Å². The molecule has 6 nitrogen and oxygen atoms in total. The fraction of sp³-hybridized carbons (Fsp3) is 0.233. The van der Waals surface area contributed by atoms with Crippen LogP contribution in [0.15, 0.2) is 78.4 Å². The van der Waals surface area contributed by atoms with Gasteiger partial charge in [0.05, 0.1) is 17.5 Å². The van der Waals surface area contributed by atoms with Crippen molar-refractivity contribution < 1.29 is 19.1 Å². The Morgan fingerprint density at radius 1 is 0.917 bits per heavy atom. The number of nitrogens with zero attached hydrogens (tertiary/aromatic N) is 1. The van der Waals surface area contributed by atoms with Gasteiger partial charge in [-0.25, -0.2) is 0 Å². The van der Waals surface area contributed by atoms with Crippen LogP contribution in [0.4, 0.5) is 11.4 Å². The van der Waals surface area contributed by atoms with Crippen molar-refractivity contribution in [2.24, 2.45) is 11.8 Å². The first-order chi connectivity index (χ1) is 17.3. The molecule has 1 saturated heterocycles. The molecule has 0 aromatic heterocycles. The maximum atomic E-state index is 13.0. The normalized spacial score (nSPS) is 19.1. The van der Waals surface area contributed by atoms with Crippen molar-refractivity contribution >= 4 is 29.1 Å². The number of ether oxygens (including phenoxy) is 1. The summed E-state index contributed by atoms with van der Waals surface area (Å²) in [7, 11) is 0. The third kappa shape index (κ3) is 4.42. The summed E-state index contributed by atoms with van der Waals surface area (Å²) in [5.41, 5.74) is 4.78. The van der Waals surface area contributed by atoms with Crippen molar-refractivity contribution in [1.29, 1.82) is 0 Å². The maximum absolute atomic E-state index is 13.0. The molecule has 0 spiro atoms. The molecule has 3 aromatic carbocycles. The van der Waals surface area contributed by atoms with Crippen LogP contribution in [0.3, 0.4) is 0 Å². The molecule has 0 bridgehead atoms. The van der Waals surface area contributed by atoms with E-state index in [9.17, 15) is 14.4 Å². The quantitative estimate of drug-likeness (QED) is 0.349. The summed E-state index contributed by atoms with van der Waals surface area (Å²) in [4.78, 5) is 40.2. The summed E-state index contributed by atoms with van der Waals surface area (Å²) >= 11 is 0. The van der Waals surface area contributed by atoms with Crippen LogP contribution in [-0.4, -0.2) is 17.7 Å². The number of benzene rings is 3. The zero-order valence-corrected chi connectivity index (χ0v) is 20.6. The molecule has 3 amide bonds. The SMILES string of the molecule is CC1=CC[C@@H]2C(=O)N(c3cccc(C(=O)Nc4ccc(Oc5cccc(C)c5C)cc4)c3)C(=O)[C@@H]2C1. The van der Waals surface area contributed by atoms with Gasteiger partial charge in [-0.15, -0.1) is 0 Å². The highest BCUT2D eigenvalue weighted by Gasteiger charge is 2.48. The Kier molecular flexibility index (Phi) is 6.18. The number of hydrogen-bond acceptors (Lipinski definition) is 4. The highest BCUT2D eigenvalue weighted by atomic mass is 16.5. The number of anilines is 2. The van der Waals surface area contributed by atoms with Crippen LogP contribution >= 0.6 is 0 Å². The molecule has 0 radical (unpaired) electrons. The van der Waals surface area contributed by atoms with Crippen molar-refractivity contribution in [2.75, 3.05) is 10.2 Å². The van der Waals surface area contributed by atoms with Crippen LogP contribution in [0.5, 0.6) is 11.5 Å². The molecule has 1 aliphatic carbocycles. The zero-order valence-electron chi connectivity index (χ0n) is 20.6. The van der Waals surface area contributed by atoms with Crippen LogP contribution in [0.1, 0.15) is 41.3 Å². The van der Waals surface area contributed by atoms with Crippen molar-refractivity contribution in [3.63, 3.8) is 0 Å². The average Bonchev–Trinajstić information content (AvgIpc) is 3.12. The van der Waals surface area contributed by atoms with Gasteiger partial charge in [-0.05, 0) is 93.3 Å². The number of fused-ring (bicyclic) bond motifs is 1. The number of aryl methyl sites for hydroxylation is 1. The van der Waals surface area contributed by atoms with E-state index in [1.54, 1.807) is 48.5 Å². The Balaban J connectivity index is 1.28. The van der Waals surface area contributed by atoms with Gasteiger partial charge >= 0.3 is 0 Å². The van der Waals surface area contributed by atoms with E-state index >= 15 is 0 Å². The van der Waals surface area contributed by atoms with Crippen molar-refractivity contribution in [1.82, 2.24) is 0 Å². The van der Waals surface area contributed by atoms with Crippen LogP contribution < -0.4 is 15.0 Å². The number of rotatable bonds is 5. The largest absolute Gasteiger partial charge is 0.457 e. The van der Waals surface area contributed by atoms with Crippen LogP contribution in [-0.2, 0) is 9.59 Å². The van der Waals surface area contributed by atoms with E-state index in [1.807, 2.05) is 45.0 Å².